The molecular formula is C9H17NO4. The molecule has 1 unspecified atom stereocenters. The van der Waals surface area contributed by atoms with Gasteiger partial charge in [0.05, 0.1) is 0 Å². The van der Waals surface area contributed by atoms with Crippen LogP contribution in [0.2, 0.25) is 0 Å². The van der Waals surface area contributed by atoms with Crippen LogP contribution in [0.3, 0.4) is 0 Å². The van der Waals surface area contributed by atoms with Crippen LogP contribution in [0.5, 0.6) is 0 Å². The van der Waals surface area contributed by atoms with E-state index in [9.17, 15) is 9.59 Å². The van der Waals surface area contributed by atoms with Crippen LogP contribution in [0.15, 0.2) is 0 Å². The van der Waals surface area contributed by atoms with E-state index >= 15 is 0 Å². The van der Waals surface area contributed by atoms with Crippen LogP contribution in [0, 0.1) is 5.92 Å². The van der Waals surface area contributed by atoms with E-state index in [1.54, 1.807) is 13.8 Å². The van der Waals surface area contributed by atoms with Gasteiger partial charge in [0.15, 0.2) is 0 Å². The zero-order valence-electron chi connectivity index (χ0n) is 8.74. The maximum Gasteiger partial charge on any atom is 0.326 e. The summed E-state index contributed by atoms with van der Waals surface area (Å²) in [4.78, 5) is 21.9. The first kappa shape index (κ1) is 12.9. The number of hydrogen-bond acceptors (Lipinski definition) is 3. The second kappa shape index (κ2) is 6.37. The maximum atomic E-state index is 11.2. The summed E-state index contributed by atoms with van der Waals surface area (Å²) >= 11 is 0. The summed E-state index contributed by atoms with van der Waals surface area (Å²) < 4.78 is 4.75. The molecule has 0 saturated heterocycles. The topological polar surface area (TPSA) is 75.6 Å². The van der Waals surface area contributed by atoms with Crippen molar-refractivity contribution < 1.29 is 19.4 Å². The molecular weight excluding hydrogens is 186 g/mol. The summed E-state index contributed by atoms with van der Waals surface area (Å²) in [5.41, 5.74) is 0. The first-order chi connectivity index (χ1) is 6.49. The van der Waals surface area contributed by atoms with Gasteiger partial charge < -0.3 is 15.2 Å². The van der Waals surface area contributed by atoms with Crippen LogP contribution in [0.1, 0.15) is 20.3 Å². The predicted octanol–water partition coefficient (Wildman–Crippen LogP) is 0.248. The van der Waals surface area contributed by atoms with E-state index in [0.717, 1.165) is 0 Å². The van der Waals surface area contributed by atoms with Crippen molar-refractivity contribution in [1.82, 2.24) is 5.32 Å². The maximum absolute atomic E-state index is 11.2. The summed E-state index contributed by atoms with van der Waals surface area (Å²) in [5.74, 6) is -1.50. The van der Waals surface area contributed by atoms with E-state index in [2.05, 4.69) is 5.32 Å². The van der Waals surface area contributed by atoms with Crippen LogP contribution in [-0.2, 0) is 14.3 Å². The number of carbonyl (C=O) groups is 2. The highest BCUT2D eigenvalue weighted by atomic mass is 16.5. The normalized spacial score (nSPS) is 12.6. The predicted molar refractivity (Wildman–Crippen MR) is 50.9 cm³/mol. The van der Waals surface area contributed by atoms with Gasteiger partial charge in [-0.25, -0.2) is 4.79 Å². The Bertz CT molecular complexity index is 203. The molecule has 0 radical (unpaired) electrons. The number of ether oxygens (including phenoxy) is 1. The Hall–Kier alpha value is -1.10. The van der Waals surface area contributed by atoms with Crippen molar-refractivity contribution >= 4 is 11.9 Å². The van der Waals surface area contributed by atoms with Gasteiger partial charge in [0, 0.05) is 26.1 Å². The fourth-order valence-electron chi connectivity index (χ4n) is 0.831. The first-order valence-electron chi connectivity index (χ1n) is 4.51. The third-order valence-corrected chi connectivity index (χ3v) is 1.75. The van der Waals surface area contributed by atoms with Gasteiger partial charge in [0.2, 0.25) is 5.91 Å². The highest BCUT2D eigenvalue weighted by Crippen LogP contribution is 1.97. The Morgan fingerprint density at radius 1 is 1.43 bits per heavy atom. The fraction of sp³-hybridized carbons (Fsp3) is 0.778. The standard InChI is InChI=1S/C9H17NO4/c1-6(2)8(11)10-7(9(12)13)4-5-14-3/h6-7H,4-5H2,1-3H3,(H,10,11)(H,12,13). The third-order valence-electron chi connectivity index (χ3n) is 1.75. The molecule has 1 amide bonds. The molecule has 0 heterocycles. The average molecular weight is 203 g/mol. The highest BCUT2D eigenvalue weighted by molar-refractivity contribution is 5.84. The molecule has 82 valence electrons. The second-order valence-corrected chi connectivity index (χ2v) is 3.34. The largest absolute Gasteiger partial charge is 0.480 e. The summed E-state index contributed by atoms with van der Waals surface area (Å²) in [7, 11) is 1.49. The van der Waals surface area contributed by atoms with E-state index < -0.39 is 12.0 Å². The Morgan fingerprint density at radius 2 is 2.00 bits per heavy atom. The van der Waals surface area contributed by atoms with Crippen molar-refractivity contribution in [2.75, 3.05) is 13.7 Å². The van der Waals surface area contributed by atoms with E-state index in [-0.39, 0.29) is 18.2 Å². The van der Waals surface area contributed by atoms with Crippen molar-refractivity contribution in [3.63, 3.8) is 0 Å². The molecule has 0 aliphatic heterocycles. The lowest BCUT2D eigenvalue weighted by Crippen LogP contribution is -2.43. The lowest BCUT2D eigenvalue weighted by Gasteiger charge is -2.15. The summed E-state index contributed by atoms with van der Waals surface area (Å²) in [5, 5.41) is 11.2. The summed E-state index contributed by atoms with van der Waals surface area (Å²) in [6, 6.07) is -0.857. The van der Waals surface area contributed by atoms with Crippen LogP contribution < -0.4 is 5.32 Å². The summed E-state index contributed by atoms with van der Waals surface area (Å²) in [6.45, 7) is 3.74. The molecule has 0 fully saturated rings. The van der Waals surface area contributed by atoms with Crippen molar-refractivity contribution in [1.29, 1.82) is 0 Å². The van der Waals surface area contributed by atoms with Crippen LogP contribution >= 0.6 is 0 Å². The third kappa shape index (κ3) is 4.81. The molecule has 0 saturated carbocycles. The van der Waals surface area contributed by atoms with E-state index in [1.165, 1.54) is 7.11 Å². The molecule has 0 aromatic rings. The molecule has 14 heavy (non-hydrogen) atoms. The zero-order valence-corrected chi connectivity index (χ0v) is 8.74. The molecule has 0 spiro atoms. The molecule has 0 rings (SSSR count). The highest BCUT2D eigenvalue weighted by Gasteiger charge is 2.20. The minimum absolute atomic E-state index is 0.209. The average Bonchev–Trinajstić information content (AvgIpc) is 2.10. The van der Waals surface area contributed by atoms with E-state index in [1.807, 2.05) is 0 Å². The van der Waals surface area contributed by atoms with Gasteiger partial charge in [0.25, 0.3) is 0 Å². The Labute approximate surface area is 83.4 Å². The molecule has 0 aromatic carbocycles. The number of carbonyl (C=O) groups excluding carboxylic acids is 1. The number of carboxylic acid groups (broad SMARTS) is 1. The van der Waals surface area contributed by atoms with Crippen molar-refractivity contribution in [2.24, 2.45) is 5.92 Å². The lowest BCUT2D eigenvalue weighted by molar-refractivity contribution is -0.142. The zero-order chi connectivity index (χ0) is 11.1. The Kier molecular flexibility index (Phi) is 5.87. The van der Waals surface area contributed by atoms with E-state index in [0.29, 0.717) is 6.61 Å². The van der Waals surface area contributed by atoms with Crippen LogP contribution in [-0.4, -0.2) is 36.7 Å². The van der Waals surface area contributed by atoms with Gasteiger partial charge in [-0.3, -0.25) is 4.79 Å². The van der Waals surface area contributed by atoms with Crippen molar-refractivity contribution in [2.45, 2.75) is 26.3 Å². The Balaban J connectivity index is 4.09. The number of aliphatic carboxylic acids is 1. The van der Waals surface area contributed by atoms with Gasteiger partial charge in [-0.2, -0.15) is 0 Å². The Morgan fingerprint density at radius 3 is 2.36 bits per heavy atom. The minimum atomic E-state index is -1.03. The number of methoxy groups -OCH3 is 1. The monoisotopic (exact) mass is 203 g/mol. The van der Waals surface area contributed by atoms with E-state index in [4.69, 9.17) is 9.84 Å². The van der Waals surface area contributed by atoms with Crippen molar-refractivity contribution in [3.05, 3.63) is 0 Å². The van der Waals surface area contributed by atoms with Crippen LogP contribution in [0.25, 0.3) is 0 Å². The summed E-state index contributed by atoms with van der Waals surface area (Å²) in [6.07, 6.45) is 0.282. The van der Waals surface area contributed by atoms with Crippen molar-refractivity contribution in [3.8, 4) is 0 Å². The fourth-order valence-corrected chi connectivity index (χ4v) is 0.831. The second-order valence-electron chi connectivity index (χ2n) is 3.34. The molecule has 1 atom stereocenters. The molecule has 0 aliphatic carbocycles. The molecule has 2 N–H and O–H groups in total. The minimum Gasteiger partial charge on any atom is -0.480 e. The number of amides is 1. The number of carboxylic acids is 1. The first-order valence-corrected chi connectivity index (χ1v) is 4.51. The van der Waals surface area contributed by atoms with Crippen LogP contribution in [0.4, 0.5) is 0 Å². The van der Waals surface area contributed by atoms with Gasteiger partial charge >= 0.3 is 5.97 Å². The van der Waals surface area contributed by atoms with Gasteiger partial charge in [-0.05, 0) is 0 Å². The molecule has 5 heteroatoms. The smallest absolute Gasteiger partial charge is 0.326 e. The number of hydrogen-bond donors (Lipinski definition) is 2. The van der Waals surface area contributed by atoms with Gasteiger partial charge in [0.1, 0.15) is 6.04 Å². The lowest BCUT2D eigenvalue weighted by atomic mass is 10.1. The molecule has 5 nitrogen and oxygen atoms in total. The molecule has 0 aromatic heterocycles. The quantitative estimate of drug-likeness (QED) is 0.648. The molecule has 0 bridgehead atoms. The van der Waals surface area contributed by atoms with Gasteiger partial charge in [-0.1, -0.05) is 13.8 Å². The van der Waals surface area contributed by atoms with Gasteiger partial charge in [-0.15, -0.1) is 0 Å². The number of nitrogens with one attached hydrogen (secondary N) is 1. The number of rotatable bonds is 6. The SMILES string of the molecule is COCCC(NC(=O)C(C)C)C(=O)O. The molecule has 0 aliphatic rings.